The van der Waals surface area contributed by atoms with Crippen LogP contribution < -0.4 is 4.90 Å². The van der Waals surface area contributed by atoms with Gasteiger partial charge in [0, 0.05) is 50.4 Å². The highest BCUT2D eigenvalue weighted by atomic mass is 35.5. The van der Waals surface area contributed by atoms with Gasteiger partial charge in [0.2, 0.25) is 5.28 Å². The molecule has 0 aliphatic rings. The molecular weight excluding hydrogens is 404 g/mol. The van der Waals surface area contributed by atoms with E-state index < -0.39 is 4.92 Å². The fourth-order valence-corrected chi connectivity index (χ4v) is 4.01. The summed E-state index contributed by atoms with van der Waals surface area (Å²) in [5.41, 5.74) is 1.59. The number of non-ortho nitro benzene ring substituents is 1. The van der Waals surface area contributed by atoms with Crippen LogP contribution in [0.2, 0.25) is 5.28 Å². The van der Waals surface area contributed by atoms with Crippen LogP contribution in [-0.4, -0.2) is 55.4 Å². The Bertz CT molecular complexity index is 973. The lowest BCUT2D eigenvalue weighted by Gasteiger charge is -2.24. The lowest BCUT2D eigenvalue weighted by atomic mass is 10.1. The molecule has 0 saturated heterocycles. The van der Waals surface area contributed by atoms with Gasteiger partial charge >= 0.3 is 0 Å². The molecule has 28 heavy (non-hydrogen) atoms. The SMILES string of the molecule is COCCN(CCOC)c1nc(Cl)nc2scc(-c3cccc([N+](=O)[O-])c3)c12. The summed E-state index contributed by atoms with van der Waals surface area (Å²) in [7, 11) is 3.27. The number of halogens is 1. The minimum absolute atomic E-state index is 0.0314. The molecule has 0 saturated carbocycles. The number of nitrogens with zero attached hydrogens (tertiary/aromatic N) is 4. The number of benzene rings is 1. The van der Waals surface area contributed by atoms with E-state index in [1.165, 1.54) is 17.4 Å². The van der Waals surface area contributed by atoms with Crippen LogP contribution in [0.5, 0.6) is 0 Å². The van der Waals surface area contributed by atoms with Crippen molar-refractivity contribution in [2.75, 3.05) is 45.4 Å². The first-order valence-electron chi connectivity index (χ1n) is 8.47. The van der Waals surface area contributed by atoms with Gasteiger partial charge in [-0.1, -0.05) is 12.1 Å². The Morgan fingerprint density at radius 1 is 1.21 bits per heavy atom. The number of aromatic nitrogens is 2. The maximum absolute atomic E-state index is 11.2. The molecule has 0 bridgehead atoms. The van der Waals surface area contributed by atoms with E-state index >= 15 is 0 Å². The van der Waals surface area contributed by atoms with Crippen LogP contribution in [0.15, 0.2) is 29.6 Å². The second kappa shape index (κ2) is 9.24. The van der Waals surface area contributed by atoms with Gasteiger partial charge in [-0.15, -0.1) is 11.3 Å². The molecule has 0 atom stereocenters. The first-order valence-corrected chi connectivity index (χ1v) is 9.73. The number of rotatable bonds is 9. The molecule has 3 rings (SSSR count). The maximum Gasteiger partial charge on any atom is 0.270 e. The quantitative estimate of drug-likeness (QED) is 0.292. The van der Waals surface area contributed by atoms with Crippen LogP contribution >= 0.6 is 22.9 Å². The summed E-state index contributed by atoms with van der Waals surface area (Å²) < 4.78 is 10.4. The van der Waals surface area contributed by atoms with Gasteiger partial charge in [-0.25, -0.2) is 4.98 Å². The summed E-state index contributed by atoms with van der Waals surface area (Å²) >= 11 is 7.59. The first kappa shape index (κ1) is 20.4. The van der Waals surface area contributed by atoms with Crippen molar-refractivity contribution < 1.29 is 14.4 Å². The average Bonchev–Trinajstić information content (AvgIpc) is 3.11. The number of anilines is 1. The third-order valence-corrected chi connectivity index (χ3v) is 5.23. The summed E-state index contributed by atoms with van der Waals surface area (Å²) in [4.78, 5) is 22.3. The van der Waals surface area contributed by atoms with Gasteiger partial charge in [0.15, 0.2) is 0 Å². The monoisotopic (exact) mass is 422 g/mol. The van der Waals surface area contributed by atoms with Crippen molar-refractivity contribution in [1.82, 2.24) is 9.97 Å². The summed E-state index contributed by atoms with van der Waals surface area (Å²) in [6, 6.07) is 6.52. The minimum Gasteiger partial charge on any atom is -0.383 e. The Labute approximate surface area is 170 Å². The molecule has 1 aromatic carbocycles. The lowest BCUT2D eigenvalue weighted by Crippen LogP contribution is -2.31. The van der Waals surface area contributed by atoms with E-state index in [2.05, 4.69) is 9.97 Å². The van der Waals surface area contributed by atoms with Gasteiger partial charge in [0.25, 0.3) is 5.69 Å². The lowest BCUT2D eigenvalue weighted by molar-refractivity contribution is -0.384. The Morgan fingerprint density at radius 2 is 1.93 bits per heavy atom. The number of thiophene rings is 1. The van der Waals surface area contributed by atoms with Gasteiger partial charge in [0.05, 0.1) is 23.5 Å². The highest BCUT2D eigenvalue weighted by Crippen LogP contribution is 2.39. The van der Waals surface area contributed by atoms with E-state index in [1.54, 1.807) is 26.4 Å². The number of ether oxygens (including phenoxy) is 2. The average molecular weight is 423 g/mol. The molecule has 0 amide bonds. The molecule has 0 fully saturated rings. The van der Waals surface area contributed by atoms with Crippen LogP contribution in [-0.2, 0) is 9.47 Å². The topological polar surface area (TPSA) is 90.6 Å². The largest absolute Gasteiger partial charge is 0.383 e. The number of fused-ring (bicyclic) bond motifs is 1. The molecule has 10 heteroatoms. The second-order valence-electron chi connectivity index (χ2n) is 5.93. The zero-order chi connectivity index (χ0) is 20.1. The molecule has 2 aromatic heterocycles. The summed E-state index contributed by atoms with van der Waals surface area (Å²) in [6.07, 6.45) is 0. The number of nitro benzene ring substituents is 1. The van der Waals surface area contributed by atoms with Gasteiger partial charge in [-0.05, 0) is 17.2 Å². The zero-order valence-corrected chi connectivity index (χ0v) is 17.0. The molecule has 0 radical (unpaired) electrons. The fourth-order valence-electron chi connectivity index (χ4n) is 2.85. The van der Waals surface area contributed by atoms with Crippen LogP contribution in [0.25, 0.3) is 21.3 Å². The molecule has 2 heterocycles. The molecule has 0 spiro atoms. The van der Waals surface area contributed by atoms with Crippen LogP contribution in [0, 0.1) is 10.1 Å². The van der Waals surface area contributed by atoms with Crippen molar-refractivity contribution in [3.63, 3.8) is 0 Å². The molecule has 3 aromatic rings. The zero-order valence-electron chi connectivity index (χ0n) is 15.4. The molecule has 0 N–H and O–H groups in total. The van der Waals surface area contributed by atoms with Crippen molar-refractivity contribution in [3.05, 3.63) is 45.0 Å². The summed E-state index contributed by atoms with van der Waals surface area (Å²) in [5.74, 6) is 0.659. The van der Waals surface area contributed by atoms with Crippen LogP contribution in [0.3, 0.4) is 0 Å². The molecule has 148 valence electrons. The van der Waals surface area contributed by atoms with Crippen LogP contribution in [0.4, 0.5) is 11.5 Å². The van der Waals surface area contributed by atoms with E-state index in [1.807, 2.05) is 16.3 Å². The molecule has 0 unspecified atom stereocenters. The Morgan fingerprint density at radius 3 is 2.57 bits per heavy atom. The van der Waals surface area contributed by atoms with Gasteiger partial charge < -0.3 is 14.4 Å². The third kappa shape index (κ3) is 4.39. The minimum atomic E-state index is -0.407. The smallest absolute Gasteiger partial charge is 0.270 e. The fraction of sp³-hybridized carbons (Fsp3) is 0.333. The Balaban J connectivity index is 2.15. The predicted octanol–water partition coefficient (Wildman–Crippen LogP) is 4.02. The Kier molecular flexibility index (Phi) is 6.74. The van der Waals surface area contributed by atoms with Gasteiger partial charge in [-0.2, -0.15) is 4.98 Å². The van der Waals surface area contributed by atoms with E-state index in [4.69, 9.17) is 21.1 Å². The highest BCUT2D eigenvalue weighted by Gasteiger charge is 2.20. The molecule has 0 aliphatic heterocycles. The van der Waals surface area contributed by atoms with E-state index in [-0.39, 0.29) is 11.0 Å². The van der Waals surface area contributed by atoms with Crippen molar-refractivity contribution in [1.29, 1.82) is 0 Å². The molecule has 8 nitrogen and oxygen atoms in total. The third-order valence-electron chi connectivity index (χ3n) is 4.19. The number of hydrogen-bond acceptors (Lipinski definition) is 8. The molecular formula is C18H19ClN4O4S. The van der Waals surface area contributed by atoms with Gasteiger partial charge in [0.1, 0.15) is 10.6 Å². The number of hydrogen-bond donors (Lipinski definition) is 0. The molecule has 0 aliphatic carbocycles. The van der Waals surface area contributed by atoms with Crippen LogP contribution in [0.1, 0.15) is 0 Å². The summed E-state index contributed by atoms with van der Waals surface area (Å²) in [5, 5.41) is 14.0. The van der Waals surface area contributed by atoms with Crippen molar-refractivity contribution in [2.24, 2.45) is 0 Å². The van der Waals surface area contributed by atoms with E-state index in [0.29, 0.717) is 32.1 Å². The van der Waals surface area contributed by atoms with Crippen molar-refractivity contribution in [2.45, 2.75) is 0 Å². The standard InChI is InChI=1S/C18H19ClN4O4S/c1-26-8-6-22(7-9-27-2)16-15-14(11-28-17(15)21-18(19)20-16)12-4-3-5-13(10-12)23(24)25/h3-5,10-11H,6-9H2,1-2H3. The number of methoxy groups -OCH3 is 2. The number of nitro groups is 1. The Hall–Kier alpha value is -2.33. The second-order valence-corrected chi connectivity index (χ2v) is 7.12. The highest BCUT2D eigenvalue weighted by molar-refractivity contribution is 7.17. The van der Waals surface area contributed by atoms with E-state index in [0.717, 1.165) is 21.3 Å². The first-order chi connectivity index (χ1) is 13.5. The summed E-state index contributed by atoms with van der Waals surface area (Å²) in [6.45, 7) is 2.19. The predicted molar refractivity (Wildman–Crippen MR) is 110 cm³/mol. The normalized spacial score (nSPS) is 11.1. The van der Waals surface area contributed by atoms with E-state index in [9.17, 15) is 10.1 Å². The van der Waals surface area contributed by atoms with Crippen molar-refractivity contribution in [3.8, 4) is 11.1 Å². The van der Waals surface area contributed by atoms with Crippen molar-refractivity contribution >= 4 is 44.7 Å². The maximum atomic E-state index is 11.2. The van der Waals surface area contributed by atoms with Gasteiger partial charge in [-0.3, -0.25) is 10.1 Å².